The number of carbonyl (C=O) groups excluding carboxylic acids is 1. The number of piperidine rings is 1. The number of likely N-dealkylation sites (N-methyl/N-ethyl adjacent to an activating group) is 1. The van der Waals surface area contributed by atoms with Gasteiger partial charge in [-0.05, 0) is 39.4 Å². The molecule has 15 heavy (non-hydrogen) atoms. The fourth-order valence-electron chi connectivity index (χ4n) is 2.18. The van der Waals surface area contributed by atoms with E-state index in [1.807, 2.05) is 13.8 Å². The molecule has 88 valence electrons. The van der Waals surface area contributed by atoms with Crippen LogP contribution in [0.1, 0.15) is 33.1 Å². The average molecular weight is 213 g/mol. The predicted molar refractivity (Wildman–Crippen MR) is 61.6 cm³/mol. The zero-order valence-corrected chi connectivity index (χ0v) is 9.88. The lowest BCUT2D eigenvalue weighted by atomic mass is 9.99. The molecule has 0 aromatic heterocycles. The van der Waals surface area contributed by atoms with E-state index in [0.29, 0.717) is 0 Å². The molecule has 1 aliphatic heterocycles. The van der Waals surface area contributed by atoms with Crippen molar-refractivity contribution in [3.63, 3.8) is 0 Å². The molecule has 1 atom stereocenters. The Balaban J connectivity index is 2.52. The first-order valence-corrected chi connectivity index (χ1v) is 5.86. The van der Waals surface area contributed by atoms with Gasteiger partial charge in [0.25, 0.3) is 0 Å². The number of carbonyl (C=O) groups is 1. The second-order valence-corrected chi connectivity index (χ2v) is 4.56. The molecule has 1 saturated heterocycles. The average Bonchev–Trinajstić information content (AvgIpc) is 2.19. The van der Waals surface area contributed by atoms with Gasteiger partial charge in [0, 0.05) is 6.54 Å². The highest BCUT2D eigenvalue weighted by atomic mass is 16.1. The number of nitrogens with zero attached hydrogens (tertiary/aromatic N) is 1. The van der Waals surface area contributed by atoms with Crippen molar-refractivity contribution < 1.29 is 4.79 Å². The van der Waals surface area contributed by atoms with Crippen molar-refractivity contribution in [2.75, 3.05) is 26.2 Å². The van der Waals surface area contributed by atoms with E-state index in [0.717, 1.165) is 26.2 Å². The first-order valence-electron chi connectivity index (χ1n) is 5.86. The summed E-state index contributed by atoms with van der Waals surface area (Å²) in [4.78, 5) is 13.7. The summed E-state index contributed by atoms with van der Waals surface area (Å²) in [6.07, 6.45) is 3.78. The van der Waals surface area contributed by atoms with Crippen LogP contribution >= 0.6 is 0 Å². The summed E-state index contributed by atoms with van der Waals surface area (Å²) in [6.45, 7) is 7.58. The highest BCUT2D eigenvalue weighted by Gasteiger charge is 2.32. The van der Waals surface area contributed by atoms with E-state index in [1.165, 1.54) is 19.3 Å². The van der Waals surface area contributed by atoms with Crippen LogP contribution in [-0.4, -0.2) is 42.5 Å². The van der Waals surface area contributed by atoms with Gasteiger partial charge in [-0.2, -0.15) is 0 Å². The Morgan fingerprint density at radius 2 is 2.00 bits per heavy atom. The van der Waals surface area contributed by atoms with Gasteiger partial charge in [0.15, 0.2) is 0 Å². The monoisotopic (exact) mass is 213 g/mol. The zero-order chi connectivity index (χ0) is 11.3. The second-order valence-electron chi connectivity index (χ2n) is 4.56. The van der Waals surface area contributed by atoms with E-state index >= 15 is 0 Å². The molecule has 1 amide bonds. The summed E-state index contributed by atoms with van der Waals surface area (Å²) >= 11 is 0. The molecule has 0 radical (unpaired) electrons. The number of amides is 1. The van der Waals surface area contributed by atoms with Crippen LogP contribution in [0.5, 0.6) is 0 Å². The minimum Gasteiger partial charge on any atom is -0.368 e. The van der Waals surface area contributed by atoms with E-state index < -0.39 is 5.54 Å². The summed E-state index contributed by atoms with van der Waals surface area (Å²) < 4.78 is 0. The van der Waals surface area contributed by atoms with Crippen molar-refractivity contribution in [3.05, 3.63) is 0 Å². The summed E-state index contributed by atoms with van der Waals surface area (Å²) in [5, 5.41) is 3.19. The Kier molecular flexibility index (Phi) is 4.54. The molecule has 0 saturated carbocycles. The van der Waals surface area contributed by atoms with Gasteiger partial charge in [-0.3, -0.25) is 4.79 Å². The Morgan fingerprint density at radius 1 is 1.40 bits per heavy atom. The largest absolute Gasteiger partial charge is 0.368 e. The Bertz CT molecular complexity index is 214. The van der Waals surface area contributed by atoms with Crippen molar-refractivity contribution >= 4 is 5.91 Å². The Morgan fingerprint density at radius 3 is 2.47 bits per heavy atom. The maximum Gasteiger partial charge on any atom is 0.238 e. The lowest BCUT2D eigenvalue weighted by Gasteiger charge is -2.35. The van der Waals surface area contributed by atoms with E-state index in [2.05, 4.69) is 10.2 Å². The van der Waals surface area contributed by atoms with E-state index in [9.17, 15) is 4.79 Å². The summed E-state index contributed by atoms with van der Waals surface area (Å²) in [7, 11) is 0. The molecule has 0 aliphatic carbocycles. The third-order valence-corrected chi connectivity index (χ3v) is 3.10. The molecule has 1 aliphatic rings. The number of rotatable bonds is 5. The summed E-state index contributed by atoms with van der Waals surface area (Å²) in [5.74, 6) is -0.255. The fourth-order valence-corrected chi connectivity index (χ4v) is 2.18. The first kappa shape index (κ1) is 12.5. The third-order valence-electron chi connectivity index (χ3n) is 3.10. The normalized spacial score (nSPS) is 22.3. The molecule has 0 bridgehead atoms. The number of primary amides is 1. The van der Waals surface area contributed by atoms with Gasteiger partial charge in [-0.1, -0.05) is 13.3 Å². The molecule has 1 fully saturated rings. The molecule has 1 heterocycles. The molecule has 0 aromatic rings. The zero-order valence-electron chi connectivity index (χ0n) is 9.88. The fraction of sp³-hybridized carbons (Fsp3) is 0.909. The first-order chi connectivity index (χ1) is 7.08. The molecule has 1 rings (SSSR count). The van der Waals surface area contributed by atoms with Crippen LogP contribution in [0.3, 0.4) is 0 Å². The number of nitrogens with two attached hydrogens (primary N) is 1. The number of hydrogen-bond acceptors (Lipinski definition) is 3. The number of likely N-dealkylation sites (tertiary alicyclic amines) is 1. The smallest absolute Gasteiger partial charge is 0.238 e. The van der Waals surface area contributed by atoms with Crippen molar-refractivity contribution in [1.82, 2.24) is 10.2 Å². The van der Waals surface area contributed by atoms with Crippen LogP contribution in [0.4, 0.5) is 0 Å². The molecule has 0 aromatic carbocycles. The number of hydrogen-bond donors (Lipinski definition) is 2. The van der Waals surface area contributed by atoms with E-state index in [4.69, 9.17) is 5.73 Å². The maximum absolute atomic E-state index is 11.4. The molecule has 0 spiro atoms. The molecular formula is C11H23N3O. The predicted octanol–water partition coefficient (Wildman–Crippen LogP) is 0.326. The highest BCUT2D eigenvalue weighted by Crippen LogP contribution is 2.13. The van der Waals surface area contributed by atoms with Crippen LogP contribution < -0.4 is 11.1 Å². The lowest BCUT2D eigenvalue weighted by Crippen LogP contribution is -2.60. The molecular weight excluding hydrogens is 190 g/mol. The molecule has 4 nitrogen and oxygen atoms in total. The van der Waals surface area contributed by atoms with Gasteiger partial charge in [-0.15, -0.1) is 0 Å². The highest BCUT2D eigenvalue weighted by molar-refractivity contribution is 5.84. The van der Waals surface area contributed by atoms with Crippen LogP contribution in [0.2, 0.25) is 0 Å². The van der Waals surface area contributed by atoms with Crippen molar-refractivity contribution in [1.29, 1.82) is 0 Å². The topological polar surface area (TPSA) is 58.4 Å². The quantitative estimate of drug-likeness (QED) is 0.692. The lowest BCUT2D eigenvalue weighted by molar-refractivity contribution is -0.124. The van der Waals surface area contributed by atoms with Crippen molar-refractivity contribution in [2.45, 2.75) is 38.6 Å². The van der Waals surface area contributed by atoms with Gasteiger partial charge in [-0.25, -0.2) is 0 Å². The molecule has 1 unspecified atom stereocenters. The van der Waals surface area contributed by atoms with Crippen LogP contribution in [0.25, 0.3) is 0 Å². The van der Waals surface area contributed by atoms with E-state index in [-0.39, 0.29) is 5.91 Å². The second kappa shape index (κ2) is 5.47. The van der Waals surface area contributed by atoms with Crippen LogP contribution in [-0.2, 0) is 4.79 Å². The van der Waals surface area contributed by atoms with Gasteiger partial charge in [0.2, 0.25) is 5.91 Å². The van der Waals surface area contributed by atoms with E-state index in [1.54, 1.807) is 0 Å². The maximum atomic E-state index is 11.4. The minimum atomic E-state index is -0.577. The summed E-state index contributed by atoms with van der Waals surface area (Å²) in [6, 6.07) is 0. The SMILES string of the molecule is CCNC(C)(CN1CCCCC1)C(N)=O. The van der Waals surface area contributed by atoms with Gasteiger partial charge in [0.1, 0.15) is 5.54 Å². The van der Waals surface area contributed by atoms with Gasteiger partial charge < -0.3 is 16.0 Å². The Labute approximate surface area is 92.2 Å². The van der Waals surface area contributed by atoms with Crippen LogP contribution in [0.15, 0.2) is 0 Å². The van der Waals surface area contributed by atoms with Gasteiger partial charge in [0.05, 0.1) is 0 Å². The van der Waals surface area contributed by atoms with Gasteiger partial charge >= 0.3 is 0 Å². The van der Waals surface area contributed by atoms with Crippen molar-refractivity contribution in [3.8, 4) is 0 Å². The molecule has 3 N–H and O–H groups in total. The van der Waals surface area contributed by atoms with Crippen molar-refractivity contribution in [2.24, 2.45) is 5.73 Å². The third kappa shape index (κ3) is 3.47. The summed E-state index contributed by atoms with van der Waals surface area (Å²) in [5.41, 5.74) is 4.87. The Hall–Kier alpha value is -0.610. The molecule has 4 heteroatoms. The number of nitrogens with one attached hydrogen (secondary N) is 1. The van der Waals surface area contributed by atoms with Crippen LogP contribution in [0, 0.1) is 0 Å². The minimum absolute atomic E-state index is 0.255. The standard InChI is InChI=1S/C11H23N3O/c1-3-13-11(2,10(12)15)9-14-7-5-4-6-8-14/h13H,3-9H2,1-2H3,(H2,12,15).